The predicted molar refractivity (Wildman–Crippen MR) is 45.3 cm³/mol. The molecule has 1 rings (SSSR count). The molecule has 3 nitrogen and oxygen atoms in total. The Kier molecular flexibility index (Phi) is 3.31. The lowest BCUT2D eigenvalue weighted by Gasteiger charge is -2.13. The molecule has 1 saturated heterocycles. The first-order chi connectivity index (χ1) is 5.60. The normalized spacial score (nSPS) is 26.3. The van der Waals surface area contributed by atoms with Gasteiger partial charge in [0.2, 0.25) is 10.0 Å². The van der Waals surface area contributed by atoms with Crippen LogP contribution in [0.25, 0.3) is 0 Å². The molecule has 1 aliphatic rings. The third-order valence-electron chi connectivity index (χ3n) is 2.00. The highest BCUT2D eigenvalue weighted by Gasteiger charge is 2.30. The van der Waals surface area contributed by atoms with E-state index in [-0.39, 0.29) is 12.5 Å². The van der Waals surface area contributed by atoms with Gasteiger partial charge >= 0.3 is 0 Å². The van der Waals surface area contributed by atoms with Crippen LogP contribution in [0.3, 0.4) is 0 Å². The summed E-state index contributed by atoms with van der Waals surface area (Å²) in [6.45, 7) is 0.240. The van der Waals surface area contributed by atoms with Crippen LogP contribution in [0.1, 0.15) is 6.42 Å². The van der Waals surface area contributed by atoms with Gasteiger partial charge < -0.3 is 0 Å². The maximum atomic E-state index is 12.1. The van der Waals surface area contributed by atoms with E-state index in [1.54, 1.807) is 0 Å². The van der Waals surface area contributed by atoms with E-state index in [0.717, 1.165) is 0 Å². The second kappa shape index (κ2) is 3.89. The number of hydrogen-bond acceptors (Lipinski definition) is 2. The molecule has 1 atom stereocenters. The molecule has 0 saturated carbocycles. The zero-order chi connectivity index (χ0) is 9.19. The topological polar surface area (TPSA) is 37.4 Å². The van der Waals surface area contributed by atoms with Gasteiger partial charge in [-0.2, -0.15) is 0 Å². The smallest absolute Gasteiger partial charge is 0.228 e. The van der Waals surface area contributed by atoms with Crippen molar-refractivity contribution in [3.63, 3.8) is 0 Å². The minimum absolute atomic E-state index is 0.136. The van der Waals surface area contributed by atoms with Crippen molar-refractivity contribution in [3.05, 3.63) is 0 Å². The van der Waals surface area contributed by atoms with Gasteiger partial charge in [-0.05, 0) is 6.42 Å². The van der Waals surface area contributed by atoms with Gasteiger partial charge in [0.1, 0.15) is 5.21 Å². The summed E-state index contributed by atoms with van der Waals surface area (Å²) in [7, 11) is -3.31. The van der Waals surface area contributed by atoms with Crippen molar-refractivity contribution >= 4 is 21.6 Å². The van der Waals surface area contributed by atoms with E-state index in [0.29, 0.717) is 13.0 Å². The van der Waals surface area contributed by atoms with Gasteiger partial charge in [0.25, 0.3) is 0 Å². The van der Waals surface area contributed by atoms with Gasteiger partial charge in [0.05, 0.1) is 6.67 Å². The molecule has 0 aromatic heterocycles. The summed E-state index contributed by atoms with van der Waals surface area (Å²) in [6.07, 6.45) is 0.604. The number of halogens is 2. The molecule has 1 unspecified atom stereocenters. The molecule has 0 bridgehead atoms. The van der Waals surface area contributed by atoms with Crippen LogP contribution in [0.15, 0.2) is 0 Å². The molecular weight excluding hydrogens is 205 g/mol. The van der Waals surface area contributed by atoms with Crippen LogP contribution in [0.4, 0.5) is 4.39 Å². The number of hydrogen-bond donors (Lipinski definition) is 0. The van der Waals surface area contributed by atoms with E-state index in [1.807, 2.05) is 0 Å². The predicted octanol–water partition coefficient (Wildman–Crippen LogP) is 0.804. The van der Waals surface area contributed by atoms with Gasteiger partial charge in [-0.1, -0.05) is 0 Å². The Balaban J connectivity index is 2.58. The van der Waals surface area contributed by atoms with E-state index in [1.165, 1.54) is 4.31 Å². The maximum absolute atomic E-state index is 12.1. The first kappa shape index (κ1) is 10.2. The first-order valence-corrected chi connectivity index (χ1v) is 5.84. The second-order valence-corrected chi connectivity index (χ2v) is 5.44. The molecular formula is C6H11ClFNO2S. The summed E-state index contributed by atoms with van der Waals surface area (Å²) in [5.74, 6) is -0.136. The molecule has 1 heterocycles. The summed E-state index contributed by atoms with van der Waals surface area (Å²) in [6, 6.07) is 0. The molecule has 0 spiro atoms. The lowest BCUT2D eigenvalue weighted by Crippen LogP contribution is -2.29. The van der Waals surface area contributed by atoms with Crippen LogP contribution < -0.4 is 0 Å². The summed E-state index contributed by atoms with van der Waals surface area (Å²) in [4.78, 5) is 0. The highest BCUT2D eigenvalue weighted by atomic mass is 35.5. The van der Waals surface area contributed by atoms with Crippen molar-refractivity contribution in [1.82, 2.24) is 4.31 Å². The first-order valence-electron chi connectivity index (χ1n) is 3.70. The molecule has 1 aliphatic heterocycles. The fraction of sp³-hybridized carbons (Fsp3) is 1.00. The average molecular weight is 216 g/mol. The number of sulfonamides is 1. The minimum Gasteiger partial charge on any atom is -0.251 e. The SMILES string of the molecule is O=S(=O)(CCl)N1CCC(CF)C1. The Bertz CT molecular complexity index is 244. The van der Waals surface area contributed by atoms with E-state index < -0.39 is 21.9 Å². The monoisotopic (exact) mass is 215 g/mol. The van der Waals surface area contributed by atoms with Crippen molar-refractivity contribution in [2.45, 2.75) is 6.42 Å². The standard InChI is InChI=1S/C6H11ClFNO2S/c7-5-12(10,11)9-2-1-6(3-8)4-9/h6H,1-5H2. The quantitative estimate of drug-likeness (QED) is 0.654. The molecule has 0 aromatic carbocycles. The third-order valence-corrected chi connectivity index (χ3v) is 4.22. The van der Waals surface area contributed by atoms with Crippen LogP contribution in [-0.2, 0) is 10.0 Å². The van der Waals surface area contributed by atoms with Crippen LogP contribution >= 0.6 is 11.6 Å². The lowest BCUT2D eigenvalue weighted by atomic mass is 10.1. The molecule has 0 N–H and O–H groups in total. The Morgan fingerprint density at radius 2 is 2.25 bits per heavy atom. The zero-order valence-corrected chi connectivity index (χ0v) is 8.11. The molecule has 0 amide bonds. The number of rotatable bonds is 3. The van der Waals surface area contributed by atoms with Crippen molar-refractivity contribution in [1.29, 1.82) is 0 Å². The Morgan fingerprint density at radius 1 is 1.58 bits per heavy atom. The molecule has 12 heavy (non-hydrogen) atoms. The van der Waals surface area contributed by atoms with Crippen molar-refractivity contribution in [3.8, 4) is 0 Å². The Morgan fingerprint density at radius 3 is 2.67 bits per heavy atom. The van der Waals surface area contributed by atoms with E-state index in [2.05, 4.69) is 0 Å². The van der Waals surface area contributed by atoms with Crippen molar-refractivity contribution < 1.29 is 12.8 Å². The van der Waals surface area contributed by atoms with Gasteiger partial charge in [-0.15, -0.1) is 11.6 Å². The Hall–Kier alpha value is 0.130. The average Bonchev–Trinajstić information content (AvgIpc) is 2.52. The van der Waals surface area contributed by atoms with E-state index in [9.17, 15) is 12.8 Å². The highest BCUT2D eigenvalue weighted by molar-refractivity contribution is 7.90. The van der Waals surface area contributed by atoms with Gasteiger partial charge in [0.15, 0.2) is 0 Å². The van der Waals surface area contributed by atoms with Gasteiger partial charge in [-0.3, -0.25) is 4.39 Å². The maximum Gasteiger partial charge on any atom is 0.228 e. The number of alkyl halides is 2. The third kappa shape index (κ3) is 2.08. The molecule has 72 valence electrons. The van der Waals surface area contributed by atoms with Gasteiger partial charge in [-0.25, -0.2) is 12.7 Å². The second-order valence-electron chi connectivity index (χ2n) is 2.89. The zero-order valence-electron chi connectivity index (χ0n) is 6.54. The van der Waals surface area contributed by atoms with Crippen LogP contribution in [0, 0.1) is 5.92 Å². The summed E-state index contributed by atoms with van der Waals surface area (Å²) < 4.78 is 35.6. The van der Waals surface area contributed by atoms with Crippen molar-refractivity contribution in [2.75, 3.05) is 25.0 Å². The number of nitrogens with zero attached hydrogens (tertiary/aromatic N) is 1. The van der Waals surface area contributed by atoms with Gasteiger partial charge in [0, 0.05) is 19.0 Å². The largest absolute Gasteiger partial charge is 0.251 e. The lowest BCUT2D eigenvalue weighted by molar-refractivity contribution is 0.367. The summed E-state index contributed by atoms with van der Waals surface area (Å²) >= 11 is 5.24. The molecule has 0 aromatic rings. The fourth-order valence-electron chi connectivity index (χ4n) is 1.24. The summed E-state index contributed by atoms with van der Waals surface area (Å²) in [5.41, 5.74) is 0. The molecule has 0 radical (unpaired) electrons. The molecule has 0 aliphatic carbocycles. The van der Waals surface area contributed by atoms with Crippen LogP contribution in [-0.4, -0.2) is 37.7 Å². The van der Waals surface area contributed by atoms with Crippen LogP contribution in [0.5, 0.6) is 0 Å². The molecule has 6 heteroatoms. The Labute approximate surface area is 76.5 Å². The van der Waals surface area contributed by atoms with E-state index in [4.69, 9.17) is 11.6 Å². The van der Waals surface area contributed by atoms with Crippen LogP contribution in [0.2, 0.25) is 0 Å². The molecule has 1 fully saturated rings. The highest BCUT2D eigenvalue weighted by Crippen LogP contribution is 2.20. The minimum atomic E-state index is -3.31. The van der Waals surface area contributed by atoms with Crippen molar-refractivity contribution in [2.24, 2.45) is 5.92 Å². The fourth-order valence-corrected chi connectivity index (χ4v) is 2.62. The van der Waals surface area contributed by atoms with E-state index >= 15 is 0 Å². The summed E-state index contributed by atoms with van der Waals surface area (Å²) in [5, 5.41) is -0.411.